The Bertz CT molecular complexity index is 572. The maximum Gasteiger partial charge on any atom is 0.308 e. The van der Waals surface area contributed by atoms with Crippen molar-refractivity contribution < 1.29 is 19.4 Å². The number of carboxylic acids is 1. The molecule has 19 heavy (non-hydrogen) atoms. The van der Waals surface area contributed by atoms with Gasteiger partial charge in [-0.1, -0.05) is 6.07 Å². The van der Waals surface area contributed by atoms with Gasteiger partial charge in [-0.25, -0.2) is 4.98 Å². The average molecular weight is 279 g/mol. The fourth-order valence-electron chi connectivity index (χ4n) is 1.72. The number of carbonyl (C=O) groups is 1. The van der Waals surface area contributed by atoms with Crippen LogP contribution in [0.1, 0.15) is 4.88 Å². The molecule has 0 saturated heterocycles. The molecule has 2 aromatic rings. The Labute approximate surface area is 114 Å². The van der Waals surface area contributed by atoms with E-state index in [0.717, 1.165) is 5.56 Å². The highest BCUT2D eigenvalue weighted by Crippen LogP contribution is 2.40. The molecule has 1 aromatic heterocycles. The van der Waals surface area contributed by atoms with E-state index in [9.17, 15) is 4.79 Å². The lowest BCUT2D eigenvalue weighted by atomic mass is 10.2. The molecule has 0 aliphatic heterocycles. The molecule has 6 heteroatoms. The van der Waals surface area contributed by atoms with E-state index in [4.69, 9.17) is 14.6 Å². The van der Waals surface area contributed by atoms with Crippen LogP contribution in [0.15, 0.2) is 24.4 Å². The Balaban J connectivity index is 2.45. The van der Waals surface area contributed by atoms with E-state index in [1.807, 2.05) is 18.2 Å². The van der Waals surface area contributed by atoms with E-state index in [1.165, 1.54) is 11.3 Å². The topological polar surface area (TPSA) is 68.7 Å². The zero-order valence-electron chi connectivity index (χ0n) is 10.5. The van der Waals surface area contributed by atoms with Gasteiger partial charge in [-0.2, -0.15) is 0 Å². The fraction of sp³-hybridized carbons (Fsp3) is 0.231. The van der Waals surface area contributed by atoms with Gasteiger partial charge in [0.2, 0.25) is 0 Å². The molecule has 1 heterocycles. The molecule has 5 nitrogen and oxygen atoms in total. The molecule has 1 aromatic carbocycles. The Morgan fingerprint density at radius 1 is 1.32 bits per heavy atom. The number of aromatic nitrogens is 1. The molecule has 0 aliphatic rings. The van der Waals surface area contributed by atoms with Crippen LogP contribution in [-0.4, -0.2) is 30.3 Å². The van der Waals surface area contributed by atoms with Crippen molar-refractivity contribution in [1.82, 2.24) is 4.98 Å². The van der Waals surface area contributed by atoms with Gasteiger partial charge in [-0.15, -0.1) is 11.3 Å². The van der Waals surface area contributed by atoms with E-state index in [-0.39, 0.29) is 6.42 Å². The minimum absolute atomic E-state index is 0.0326. The predicted octanol–water partition coefficient (Wildman–Crippen LogP) is 2.45. The number of hydrogen-bond donors (Lipinski definition) is 1. The van der Waals surface area contributed by atoms with Crippen LogP contribution < -0.4 is 9.47 Å². The monoisotopic (exact) mass is 279 g/mol. The molecule has 0 fully saturated rings. The highest BCUT2D eigenvalue weighted by Gasteiger charge is 2.16. The van der Waals surface area contributed by atoms with Crippen LogP contribution in [0.5, 0.6) is 11.5 Å². The first-order valence-electron chi connectivity index (χ1n) is 5.53. The number of carboxylic acid groups (broad SMARTS) is 1. The zero-order chi connectivity index (χ0) is 13.8. The molecule has 0 bridgehead atoms. The molecule has 0 unspecified atom stereocenters. The predicted molar refractivity (Wildman–Crippen MR) is 72.0 cm³/mol. The number of rotatable bonds is 5. The van der Waals surface area contributed by atoms with Crippen molar-refractivity contribution in [2.24, 2.45) is 0 Å². The number of aliphatic carboxylic acids is 1. The highest BCUT2D eigenvalue weighted by atomic mass is 32.1. The standard InChI is InChI=1S/C13H13NO4S/c1-17-9-4-3-5-10(18-2)12(9)13-14-7-8(19-13)6-11(15)16/h3-5,7H,6H2,1-2H3,(H,15,16). The lowest BCUT2D eigenvalue weighted by Gasteiger charge is -2.10. The summed E-state index contributed by atoms with van der Waals surface area (Å²) >= 11 is 1.32. The molecule has 0 spiro atoms. The van der Waals surface area contributed by atoms with Gasteiger partial charge in [0.15, 0.2) is 0 Å². The highest BCUT2D eigenvalue weighted by molar-refractivity contribution is 7.15. The molecular weight excluding hydrogens is 266 g/mol. The van der Waals surface area contributed by atoms with Crippen LogP contribution in [0.3, 0.4) is 0 Å². The van der Waals surface area contributed by atoms with E-state index < -0.39 is 5.97 Å². The Kier molecular flexibility index (Phi) is 4.01. The first kappa shape index (κ1) is 13.4. The third-order valence-electron chi connectivity index (χ3n) is 2.52. The van der Waals surface area contributed by atoms with Gasteiger partial charge in [0, 0.05) is 11.1 Å². The summed E-state index contributed by atoms with van der Waals surface area (Å²) in [6.07, 6.45) is 1.54. The lowest BCUT2D eigenvalue weighted by molar-refractivity contribution is -0.136. The van der Waals surface area contributed by atoms with Crippen molar-refractivity contribution in [3.63, 3.8) is 0 Å². The van der Waals surface area contributed by atoms with Crippen LogP contribution >= 0.6 is 11.3 Å². The summed E-state index contributed by atoms with van der Waals surface area (Å²) < 4.78 is 10.6. The van der Waals surface area contributed by atoms with Crippen LogP contribution in [0.25, 0.3) is 10.6 Å². The molecule has 0 saturated carbocycles. The molecule has 0 amide bonds. The van der Waals surface area contributed by atoms with Crippen molar-refractivity contribution in [3.8, 4) is 22.1 Å². The molecule has 1 N–H and O–H groups in total. The van der Waals surface area contributed by atoms with Gasteiger partial charge in [-0.05, 0) is 12.1 Å². The van der Waals surface area contributed by atoms with Crippen molar-refractivity contribution in [3.05, 3.63) is 29.3 Å². The second-order valence-electron chi connectivity index (χ2n) is 3.74. The minimum atomic E-state index is -0.873. The van der Waals surface area contributed by atoms with Crippen LogP contribution in [0, 0.1) is 0 Å². The Hall–Kier alpha value is -2.08. The zero-order valence-corrected chi connectivity index (χ0v) is 11.4. The summed E-state index contributed by atoms with van der Waals surface area (Å²) in [6.45, 7) is 0. The van der Waals surface area contributed by atoms with Gasteiger partial charge >= 0.3 is 5.97 Å². The number of hydrogen-bond acceptors (Lipinski definition) is 5. The number of thiazole rings is 1. The van der Waals surface area contributed by atoms with Crippen LogP contribution in [0.4, 0.5) is 0 Å². The maximum atomic E-state index is 10.7. The normalized spacial score (nSPS) is 10.2. The number of ether oxygens (including phenoxy) is 2. The lowest BCUT2D eigenvalue weighted by Crippen LogP contribution is -1.97. The SMILES string of the molecule is COc1cccc(OC)c1-c1ncc(CC(=O)O)s1. The first-order chi connectivity index (χ1) is 9.15. The average Bonchev–Trinajstić information content (AvgIpc) is 2.84. The molecule has 0 atom stereocenters. The molecule has 0 radical (unpaired) electrons. The Morgan fingerprint density at radius 3 is 2.47 bits per heavy atom. The molecule has 100 valence electrons. The Morgan fingerprint density at radius 2 is 1.95 bits per heavy atom. The van der Waals surface area contributed by atoms with Gasteiger partial charge in [-0.3, -0.25) is 4.79 Å². The summed E-state index contributed by atoms with van der Waals surface area (Å²) in [5, 5.41) is 9.46. The van der Waals surface area contributed by atoms with Crippen LogP contribution in [-0.2, 0) is 11.2 Å². The second kappa shape index (κ2) is 5.71. The summed E-state index contributed by atoms with van der Waals surface area (Å²) in [5.41, 5.74) is 0.745. The van der Waals surface area contributed by atoms with Crippen molar-refractivity contribution in [2.45, 2.75) is 6.42 Å². The third kappa shape index (κ3) is 2.85. The smallest absolute Gasteiger partial charge is 0.308 e. The number of methoxy groups -OCH3 is 2. The van der Waals surface area contributed by atoms with Gasteiger partial charge < -0.3 is 14.6 Å². The molecule has 2 rings (SSSR count). The molecule has 0 aliphatic carbocycles. The van der Waals surface area contributed by atoms with Crippen LogP contribution in [0.2, 0.25) is 0 Å². The van der Waals surface area contributed by atoms with Gasteiger partial charge in [0.05, 0.1) is 26.2 Å². The first-order valence-corrected chi connectivity index (χ1v) is 6.35. The number of benzene rings is 1. The second-order valence-corrected chi connectivity index (χ2v) is 4.85. The summed E-state index contributed by atoms with van der Waals surface area (Å²) in [6, 6.07) is 5.46. The summed E-state index contributed by atoms with van der Waals surface area (Å²) in [5.74, 6) is 0.424. The molecular formula is C13H13NO4S. The quantitative estimate of drug-likeness (QED) is 0.910. The van der Waals surface area contributed by atoms with Crippen molar-refractivity contribution >= 4 is 17.3 Å². The summed E-state index contributed by atoms with van der Waals surface area (Å²) in [4.78, 5) is 15.6. The summed E-state index contributed by atoms with van der Waals surface area (Å²) in [7, 11) is 3.15. The minimum Gasteiger partial charge on any atom is -0.496 e. The van der Waals surface area contributed by atoms with E-state index in [0.29, 0.717) is 21.4 Å². The van der Waals surface area contributed by atoms with Crippen molar-refractivity contribution in [1.29, 1.82) is 0 Å². The largest absolute Gasteiger partial charge is 0.496 e. The van der Waals surface area contributed by atoms with Gasteiger partial charge in [0.25, 0.3) is 0 Å². The van der Waals surface area contributed by atoms with E-state index in [2.05, 4.69) is 4.98 Å². The third-order valence-corrected chi connectivity index (χ3v) is 3.54. The van der Waals surface area contributed by atoms with Gasteiger partial charge in [0.1, 0.15) is 16.5 Å². The van der Waals surface area contributed by atoms with E-state index >= 15 is 0 Å². The van der Waals surface area contributed by atoms with E-state index in [1.54, 1.807) is 20.4 Å². The van der Waals surface area contributed by atoms with Crippen molar-refractivity contribution in [2.75, 3.05) is 14.2 Å². The fourth-order valence-corrected chi connectivity index (χ4v) is 2.67. The maximum absolute atomic E-state index is 10.7. The number of nitrogens with zero attached hydrogens (tertiary/aromatic N) is 1.